The molecule has 0 spiro atoms. The van der Waals surface area contributed by atoms with Crippen molar-refractivity contribution in [2.24, 2.45) is 11.7 Å². The van der Waals surface area contributed by atoms with Crippen LogP contribution >= 0.6 is 0 Å². The van der Waals surface area contributed by atoms with Crippen molar-refractivity contribution in [2.75, 3.05) is 26.2 Å². The van der Waals surface area contributed by atoms with Crippen LogP contribution in [0.5, 0.6) is 0 Å². The molecular formula is C15H22FN3O. The van der Waals surface area contributed by atoms with Crippen LogP contribution in [0, 0.1) is 11.7 Å². The Kier molecular flexibility index (Phi) is 5.09. The highest BCUT2D eigenvalue weighted by Gasteiger charge is 2.20. The number of carbonyl (C=O) groups is 1. The number of nitrogens with two attached hydrogens (primary N) is 1. The van der Waals surface area contributed by atoms with Gasteiger partial charge in [0.25, 0.3) is 0 Å². The Morgan fingerprint density at radius 3 is 3.00 bits per heavy atom. The predicted octanol–water partition coefficient (Wildman–Crippen LogP) is 1.36. The Labute approximate surface area is 119 Å². The van der Waals surface area contributed by atoms with Crippen LogP contribution in [-0.2, 0) is 6.54 Å². The van der Waals surface area contributed by atoms with Crippen molar-refractivity contribution < 1.29 is 9.18 Å². The molecule has 1 aromatic carbocycles. The lowest BCUT2D eigenvalue weighted by atomic mass is 10.1. The Morgan fingerprint density at radius 1 is 1.55 bits per heavy atom. The molecule has 0 radical (unpaired) electrons. The minimum Gasteiger partial charge on any atom is -0.366 e. The van der Waals surface area contributed by atoms with Gasteiger partial charge in [0.2, 0.25) is 5.91 Å². The number of primary amides is 1. The van der Waals surface area contributed by atoms with E-state index in [4.69, 9.17) is 5.73 Å². The van der Waals surface area contributed by atoms with Gasteiger partial charge in [-0.25, -0.2) is 4.39 Å². The maximum atomic E-state index is 13.6. The number of halogens is 1. The topological polar surface area (TPSA) is 58.4 Å². The van der Waals surface area contributed by atoms with Crippen LogP contribution in [0.1, 0.15) is 29.3 Å². The average Bonchev–Trinajstić information content (AvgIpc) is 2.88. The second-order valence-electron chi connectivity index (χ2n) is 5.35. The van der Waals surface area contributed by atoms with Gasteiger partial charge >= 0.3 is 0 Å². The van der Waals surface area contributed by atoms with E-state index >= 15 is 0 Å². The van der Waals surface area contributed by atoms with Gasteiger partial charge in [-0.1, -0.05) is 6.92 Å². The van der Waals surface area contributed by atoms with Crippen molar-refractivity contribution in [2.45, 2.75) is 19.9 Å². The number of likely N-dealkylation sites (tertiary alicyclic amines) is 1. The average molecular weight is 279 g/mol. The van der Waals surface area contributed by atoms with E-state index in [1.807, 2.05) is 0 Å². The zero-order valence-corrected chi connectivity index (χ0v) is 11.9. The summed E-state index contributed by atoms with van der Waals surface area (Å²) in [6, 6.07) is 4.24. The van der Waals surface area contributed by atoms with Gasteiger partial charge in [-0.05, 0) is 50.2 Å². The SMILES string of the molecule is CCN1CCC(CNCc2cc(C(N)=O)ccc2F)C1. The molecule has 0 aliphatic carbocycles. The smallest absolute Gasteiger partial charge is 0.248 e. The summed E-state index contributed by atoms with van der Waals surface area (Å²) in [6.45, 7) is 6.81. The summed E-state index contributed by atoms with van der Waals surface area (Å²) in [7, 11) is 0. The molecule has 0 saturated carbocycles. The molecule has 1 heterocycles. The summed E-state index contributed by atoms with van der Waals surface area (Å²) in [5.41, 5.74) is 6.04. The van der Waals surface area contributed by atoms with Crippen molar-refractivity contribution >= 4 is 5.91 Å². The monoisotopic (exact) mass is 279 g/mol. The van der Waals surface area contributed by atoms with Gasteiger partial charge in [0.1, 0.15) is 5.82 Å². The summed E-state index contributed by atoms with van der Waals surface area (Å²) in [5.74, 6) is -0.206. The van der Waals surface area contributed by atoms with Crippen molar-refractivity contribution in [3.63, 3.8) is 0 Å². The molecule has 1 atom stereocenters. The number of hydrogen-bond acceptors (Lipinski definition) is 3. The van der Waals surface area contributed by atoms with Crippen LogP contribution in [-0.4, -0.2) is 37.0 Å². The Bertz CT molecular complexity index is 478. The highest BCUT2D eigenvalue weighted by Crippen LogP contribution is 2.15. The molecule has 1 aliphatic rings. The number of hydrogen-bond donors (Lipinski definition) is 2. The van der Waals surface area contributed by atoms with E-state index in [1.54, 1.807) is 0 Å². The molecule has 2 rings (SSSR count). The van der Waals surface area contributed by atoms with Crippen LogP contribution in [0.25, 0.3) is 0 Å². The molecule has 0 aromatic heterocycles. The number of carbonyl (C=O) groups excluding carboxylic acids is 1. The molecule has 1 aromatic rings. The fourth-order valence-electron chi connectivity index (χ4n) is 2.64. The first-order chi connectivity index (χ1) is 9.60. The quantitative estimate of drug-likeness (QED) is 0.826. The van der Waals surface area contributed by atoms with Crippen LogP contribution in [0.3, 0.4) is 0 Å². The number of nitrogens with one attached hydrogen (secondary N) is 1. The third-order valence-electron chi connectivity index (χ3n) is 3.90. The summed E-state index contributed by atoms with van der Waals surface area (Å²) in [6.07, 6.45) is 1.19. The minimum atomic E-state index is -0.527. The summed E-state index contributed by atoms with van der Waals surface area (Å²) >= 11 is 0. The normalized spacial score (nSPS) is 19.4. The highest BCUT2D eigenvalue weighted by molar-refractivity contribution is 5.92. The van der Waals surface area contributed by atoms with Crippen molar-refractivity contribution in [3.8, 4) is 0 Å². The summed E-state index contributed by atoms with van der Waals surface area (Å²) < 4.78 is 13.6. The fraction of sp³-hybridized carbons (Fsp3) is 0.533. The minimum absolute atomic E-state index is 0.302. The number of amides is 1. The molecule has 20 heavy (non-hydrogen) atoms. The van der Waals surface area contributed by atoms with Crippen molar-refractivity contribution in [3.05, 3.63) is 35.1 Å². The van der Waals surface area contributed by atoms with Gasteiger partial charge in [-0.2, -0.15) is 0 Å². The zero-order valence-electron chi connectivity index (χ0n) is 11.9. The van der Waals surface area contributed by atoms with E-state index in [2.05, 4.69) is 17.1 Å². The highest BCUT2D eigenvalue weighted by atomic mass is 19.1. The molecule has 1 aliphatic heterocycles. The summed E-state index contributed by atoms with van der Waals surface area (Å²) in [5, 5.41) is 3.28. The van der Waals surface area contributed by atoms with E-state index in [1.165, 1.54) is 24.6 Å². The number of benzene rings is 1. The van der Waals surface area contributed by atoms with Crippen molar-refractivity contribution in [1.82, 2.24) is 10.2 Å². The van der Waals surface area contributed by atoms with Crippen LogP contribution in [0.4, 0.5) is 4.39 Å². The third-order valence-corrected chi connectivity index (χ3v) is 3.90. The van der Waals surface area contributed by atoms with E-state index in [9.17, 15) is 9.18 Å². The lowest BCUT2D eigenvalue weighted by Gasteiger charge is -2.14. The molecule has 4 nitrogen and oxygen atoms in total. The lowest BCUT2D eigenvalue weighted by Crippen LogP contribution is -2.26. The summed E-state index contributed by atoms with van der Waals surface area (Å²) in [4.78, 5) is 13.5. The molecule has 3 N–H and O–H groups in total. The predicted molar refractivity (Wildman–Crippen MR) is 76.8 cm³/mol. The van der Waals surface area contributed by atoms with Gasteiger partial charge in [0.15, 0.2) is 0 Å². The first-order valence-corrected chi connectivity index (χ1v) is 7.11. The van der Waals surface area contributed by atoms with Gasteiger partial charge in [-0.15, -0.1) is 0 Å². The van der Waals surface area contributed by atoms with Gasteiger partial charge in [0.05, 0.1) is 0 Å². The second kappa shape index (κ2) is 6.81. The number of rotatable bonds is 6. The fourth-order valence-corrected chi connectivity index (χ4v) is 2.64. The molecule has 1 unspecified atom stereocenters. The molecule has 110 valence electrons. The van der Waals surface area contributed by atoms with E-state index in [-0.39, 0.29) is 5.82 Å². The first-order valence-electron chi connectivity index (χ1n) is 7.11. The van der Waals surface area contributed by atoms with Gasteiger partial charge < -0.3 is 16.0 Å². The van der Waals surface area contributed by atoms with Gasteiger partial charge in [0, 0.05) is 24.2 Å². The Hall–Kier alpha value is -1.46. The third kappa shape index (κ3) is 3.77. The molecule has 5 heteroatoms. The molecule has 1 amide bonds. The number of nitrogens with zero attached hydrogens (tertiary/aromatic N) is 1. The van der Waals surface area contributed by atoms with Crippen molar-refractivity contribution in [1.29, 1.82) is 0 Å². The van der Waals surface area contributed by atoms with Gasteiger partial charge in [-0.3, -0.25) is 4.79 Å². The first kappa shape index (κ1) is 14.9. The van der Waals surface area contributed by atoms with E-state index < -0.39 is 5.91 Å². The van der Waals surface area contributed by atoms with E-state index in [0.717, 1.165) is 26.2 Å². The standard InChI is InChI=1S/C15H22FN3O/c1-2-19-6-5-11(10-19)8-18-9-13-7-12(15(17)20)3-4-14(13)16/h3-4,7,11,18H,2,5-6,8-10H2,1H3,(H2,17,20). The second-order valence-corrected chi connectivity index (χ2v) is 5.35. The molecular weight excluding hydrogens is 257 g/mol. The van der Waals surface area contributed by atoms with Crippen LogP contribution in [0.15, 0.2) is 18.2 Å². The largest absolute Gasteiger partial charge is 0.366 e. The van der Waals surface area contributed by atoms with Crippen LogP contribution in [0.2, 0.25) is 0 Å². The zero-order chi connectivity index (χ0) is 14.5. The molecule has 0 bridgehead atoms. The maximum absolute atomic E-state index is 13.6. The molecule has 1 fully saturated rings. The maximum Gasteiger partial charge on any atom is 0.248 e. The molecule has 1 saturated heterocycles. The Balaban J connectivity index is 1.85. The van der Waals surface area contributed by atoms with Crippen LogP contribution < -0.4 is 11.1 Å². The Morgan fingerprint density at radius 2 is 2.35 bits per heavy atom. The van der Waals surface area contributed by atoms with E-state index in [0.29, 0.717) is 23.6 Å². The lowest BCUT2D eigenvalue weighted by molar-refractivity contribution is 0.1000.